The van der Waals surface area contributed by atoms with Crippen molar-refractivity contribution in [3.8, 4) is 44.5 Å². The van der Waals surface area contributed by atoms with E-state index in [1.165, 1.54) is 61.2 Å². The Labute approximate surface area is 331 Å². The van der Waals surface area contributed by atoms with Crippen LogP contribution in [0.2, 0.25) is 0 Å². The fourth-order valence-corrected chi connectivity index (χ4v) is 9.96. The number of furan rings is 1. The Morgan fingerprint density at radius 3 is 1.63 bits per heavy atom. The number of fused-ring (bicyclic) bond motifs is 13. The van der Waals surface area contributed by atoms with E-state index in [1.807, 2.05) is 6.07 Å². The molecule has 0 saturated carbocycles. The number of hydrogen-bond donors (Lipinski definition) is 0. The molecule has 12 rings (SSSR count). The molecule has 266 valence electrons. The number of benzene rings is 9. The predicted molar refractivity (Wildman–Crippen MR) is 236 cm³/mol. The van der Waals surface area contributed by atoms with E-state index in [0.29, 0.717) is 0 Å². The fourth-order valence-electron chi connectivity index (χ4n) is 9.96. The molecule has 0 fully saturated rings. The van der Waals surface area contributed by atoms with Crippen LogP contribution in [0.15, 0.2) is 217 Å². The van der Waals surface area contributed by atoms with Crippen molar-refractivity contribution in [2.75, 3.05) is 4.90 Å². The van der Waals surface area contributed by atoms with E-state index >= 15 is 0 Å². The minimum atomic E-state index is -0.516. The average Bonchev–Trinajstić information content (AvgIpc) is 3.91. The molecule has 0 atom stereocenters. The van der Waals surface area contributed by atoms with Gasteiger partial charge in [0.1, 0.15) is 11.2 Å². The predicted octanol–water partition coefficient (Wildman–Crippen LogP) is 14.7. The summed E-state index contributed by atoms with van der Waals surface area (Å²) >= 11 is 0. The Hall–Kier alpha value is -7.42. The molecule has 57 heavy (non-hydrogen) atoms. The summed E-state index contributed by atoms with van der Waals surface area (Å²) in [6.07, 6.45) is 0. The van der Waals surface area contributed by atoms with Crippen LogP contribution in [0.4, 0.5) is 17.1 Å². The number of rotatable bonds is 5. The largest absolute Gasteiger partial charge is 0.456 e. The Kier molecular flexibility index (Phi) is 6.88. The van der Waals surface area contributed by atoms with Gasteiger partial charge in [0.25, 0.3) is 0 Å². The van der Waals surface area contributed by atoms with E-state index in [2.05, 4.69) is 211 Å². The second-order valence-electron chi connectivity index (χ2n) is 15.2. The first-order valence-corrected chi connectivity index (χ1v) is 19.7. The molecule has 0 unspecified atom stereocenters. The highest BCUT2D eigenvalue weighted by atomic mass is 16.3. The van der Waals surface area contributed by atoms with Crippen LogP contribution in [-0.2, 0) is 5.41 Å². The summed E-state index contributed by atoms with van der Waals surface area (Å²) in [4.78, 5) is 2.46. The highest BCUT2D eigenvalue weighted by Gasteiger charge is 2.52. The van der Waals surface area contributed by atoms with Crippen molar-refractivity contribution in [3.05, 3.63) is 235 Å². The smallest absolute Gasteiger partial charge is 0.137 e. The van der Waals surface area contributed by atoms with Gasteiger partial charge in [-0.2, -0.15) is 0 Å². The van der Waals surface area contributed by atoms with Crippen LogP contribution in [0.25, 0.3) is 66.4 Å². The van der Waals surface area contributed by atoms with Crippen LogP contribution in [-0.4, -0.2) is 0 Å². The quantitative estimate of drug-likeness (QED) is 0.176. The van der Waals surface area contributed by atoms with Crippen molar-refractivity contribution in [3.63, 3.8) is 0 Å². The first kappa shape index (κ1) is 31.9. The molecule has 1 heterocycles. The second kappa shape index (κ2) is 12.3. The minimum absolute atomic E-state index is 0.516. The maximum absolute atomic E-state index is 6.52. The van der Waals surface area contributed by atoms with Crippen molar-refractivity contribution in [2.24, 2.45) is 0 Å². The summed E-state index contributed by atoms with van der Waals surface area (Å²) < 4.78 is 6.52. The molecule has 0 N–H and O–H groups in total. The van der Waals surface area contributed by atoms with Crippen LogP contribution in [0, 0.1) is 0 Å². The maximum atomic E-state index is 6.52. The third-order valence-electron chi connectivity index (χ3n) is 12.3. The lowest BCUT2D eigenvalue weighted by Gasteiger charge is -2.33. The molecule has 0 radical (unpaired) electrons. The van der Waals surface area contributed by atoms with Gasteiger partial charge in [-0.25, -0.2) is 0 Å². The van der Waals surface area contributed by atoms with Gasteiger partial charge in [0.05, 0.1) is 22.2 Å². The Morgan fingerprint density at radius 2 is 0.877 bits per heavy atom. The minimum Gasteiger partial charge on any atom is -0.456 e. The third-order valence-corrected chi connectivity index (χ3v) is 12.3. The number of anilines is 3. The van der Waals surface area contributed by atoms with Crippen LogP contribution >= 0.6 is 0 Å². The summed E-state index contributed by atoms with van der Waals surface area (Å²) in [6.45, 7) is 0. The SMILES string of the molecule is c1ccc(-c2ccc3c(c2)C2(c4ccccc4-c4ccccc42)c2cc(N(c4ccccc4-c4ccccc4)c4cccc5oc6ccccc6c45)ccc2-3)cc1. The first-order chi connectivity index (χ1) is 28.3. The lowest BCUT2D eigenvalue weighted by Crippen LogP contribution is -2.26. The van der Waals surface area contributed by atoms with E-state index in [9.17, 15) is 0 Å². The van der Waals surface area contributed by atoms with Crippen LogP contribution < -0.4 is 4.90 Å². The van der Waals surface area contributed by atoms with Crippen molar-refractivity contribution in [1.29, 1.82) is 0 Å². The topological polar surface area (TPSA) is 16.4 Å². The molecule has 0 saturated heterocycles. The summed E-state index contributed by atoms with van der Waals surface area (Å²) in [7, 11) is 0. The van der Waals surface area contributed by atoms with E-state index in [4.69, 9.17) is 4.42 Å². The highest BCUT2D eigenvalue weighted by Crippen LogP contribution is 2.64. The van der Waals surface area contributed by atoms with Gasteiger partial charge in [-0.05, 0) is 104 Å². The third kappa shape index (κ3) is 4.53. The van der Waals surface area contributed by atoms with E-state index in [1.54, 1.807) is 0 Å². The number of hydrogen-bond acceptors (Lipinski definition) is 2. The highest BCUT2D eigenvalue weighted by molar-refractivity contribution is 6.14. The second-order valence-corrected chi connectivity index (χ2v) is 15.2. The standard InChI is InChI=1S/C55H35NO/c1-3-16-36(17-4-1)38-30-32-43-44-33-31-39(35-49(44)55(48(43)34-38)46-24-11-7-21-41(46)42-22-8-12-25-47(42)55)56(50-26-13-9-20-40(50)37-18-5-2-6-19-37)51-27-15-29-53-54(51)45-23-10-14-28-52(45)57-53/h1-35H. The Morgan fingerprint density at radius 1 is 0.333 bits per heavy atom. The normalized spacial score (nSPS) is 13.1. The zero-order chi connectivity index (χ0) is 37.5. The van der Waals surface area contributed by atoms with Crippen molar-refractivity contribution < 1.29 is 4.42 Å². The average molecular weight is 726 g/mol. The fraction of sp³-hybridized carbons (Fsp3) is 0.0182. The Balaban J connectivity index is 1.18. The molecule has 10 aromatic rings. The van der Waals surface area contributed by atoms with Crippen molar-refractivity contribution in [1.82, 2.24) is 0 Å². The molecule has 9 aromatic carbocycles. The molecule has 2 aliphatic carbocycles. The van der Waals surface area contributed by atoms with E-state index in [0.717, 1.165) is 44.6 Å². The van der Waals surface area contributed by atoms with Crippen LogP contribution in [0.1, 0.15) is 22.3 Å². The van der Waals surface area contributed by atoms with Gasteiger partial charge < -0.3 is 9.32 Å². The van der Waals surface area contributed by atoms with Gasteiger partial charge in [-0.1, -0.05) is 170 Å². The molecular weight excluding hydrogens is 691 g/mol. The molecular formula is C55H35NO. The first-order valence-electron chi connectivity index (χ1n) is 19.7. The van der Waals surface area contributed by atoms with Crippen LogP contribution in [0.5, 0.6) is 0 Å². The monoisotopic (exact) mass is 725 g/mol. The lowest BCUT2D eigenvalue weighted by molar-refractivity contribution is 0.669. The van der Waals surface area contributed by atoms with Gasteiger partial charge in [-0.3, -0.25) is 0 Å². The van der Waals surface area contributed by atoms with Gasteiger partial charge in [-0.15, -0.1) is 0 Å². The summed E-state index contributed by atoms with van der Waals surface area (Å²) in [5.74, 6) is 0. The number of para-hydroxylation sites is 2. The maximum Gasteiger partial charge on any atom is 0.137 e. The lowest BCUT2D eigenvalue weighted by atomic mass is 9.70. The Bertz CT molecular complexity index is 3150. The molecule has 1 spiro atoms. The van der Waals surface area contributed by atoms with Crippen LogP contribution in [0.3, 0.4) is 0 Å². The van der Waals surface area contributed by atoms with Gasteiger partial charge in [0.2, 0.25) is 0 Å². The zero-order valence-corrected chi connectivity index (χ0v) is 31.1. The summed E-state index contributed by atoms with van der Waals surface area (Å²) in [6, 6.07) is 77.6. The van der Waals surface area contributed by atoms with E-state index < -0.39 is 5.41 Å². The summed E-state index contributed by atoms with van der Waals surface area (Å²) in [5.41, 5.74) is 19.7. The van der Waals surface area contributed by atoms with Crippen molar-refractivity contribution >= 4 is 39.0 Å². The van der Waals surface area contributed by atoms with Crippen molar-refractivity contribution in [2.45, 2.75) is 5.41 Å². The van der Waals surface area contributed by atoms with Gasteiger partial charge in [0.15, 0.2) is 0 Å². The molecule has 0 amide bonds. The zero-order valence-electron chi connectivity index (χ0n) is 31.1. The van der Waals surface area contributed by atoms with Gasteiger partial charge in [0, 0.05) is 16.6 Å². The van der Waals surface area contributed by atoms with E-state index in [-0.39, 0.29) is 0 Å². The molecule has 1 aromatic heterocycles. The molecule has 2 nitrogen and oxygen atoms in total. The number of nitrogens with zero attached hydrogens (tertiary/aromatic N) is 1. The molecule has 0 aliphatic heterocycles. The van der Waals surface area contributed by atoms with Gasteiger partial charge >= 0.3 is 0 Å². The molecule has 2 aliphatic rings. The molecule has 2 heteroatoms. The molecule has 0 bridgehead atoms. The summed E-state index contributed by atoms with van der Waals surface area (Å²) in [5, 5.41) is 2.20.